The molecule has 7 nitrogen and oxygen atoms in total. The number of hydrogen-bond donors (Lipinski definition) is 1. The van der Waals surface area contributed by atoms with Gasteiger partial charge in [0.05, 0.1) is 11.9 Å². The number of nitrogens with zero attached hydrogens (tertiary/aromatic N) is 2. The fraction of sp³-hybridized carbons (Fsp3) is 0.481. The predicted octanol–water partition coefficient (Wildman–Crippen LogP) is 4.92. The summed E-state index contributed by atoms with van der Waals surface area (Å²) in [5.41, 5.74) is 2.30. The van der Waals surface area contributed by atoms with Crippen LogP contribution in [0.2, 0.25) is 5.02 Å². The number of nitrogens with one attached hydrogen (secondary N) is 1. The van der Waals surface area contributed by atoms with Gasteiger partial charge in [0.25, 0.3) is 0 Å². The van der Waals surface area contributed by atoms with E-state index in [9.17, 15) is 18.0 Å². The van der Waals surface area contributed by atoms with Gasteiger partial charge in [-0.15, -0.1) is 0 Å². The molecule has 0 fully saturated rings. The summed E-state index contributed by atoms with van der Waals surface area (Å²) in [5, 5.41) is 3.58. The van der Waals surface area contributed by atoms with Crippen LogP contribution in [0.3, 0.4) is 0 Å². The summed E-state index contributed by atoms with van der Waals surface area (Å²) < 4.78 is 26.3. The van der Waals surface area contributed by atoms with Crippen LogP contribution in [0.4, 0.5) is 5.69 Å². The van der Waals surface area contributed by atoms with Gasteiger partial charge in [-0.05, 0) is 62.4 Å². The van der Waals surface area contributed by atoms with Gasteiger partial charge in [0.15, 0.2) is 0 Å². The molecule has 0 saturated carbocycles. The molecular weight excluding hydrogens is 498 g/mol. The molecule has 0 aliphatic carbocycles. The first-order valence-corrected chi connectivity index (χ1v) is 14.6. The lowest BCUT2D eigenvalue weighted by atomic mass is 10.1. The lowest BCUT2D eigenvalue weighted by molar-refractivity contribution is -0.141. The van der Waals surface area contributed by atoms with E-state index in [2.05, 4.69) is 5.32 Å². The molecule has 9 heteroatoms. The summed E-state index contributed by atoms with van der Waals surface area (Å²) in [6.07, 6.45) is 2.84. The summed E-state index contributed by atoms with van der Waals surface area (Å²) in [4.78, 5) is 28.1. The Balaban J connectivity index is 2.23. The standard InChI is InChI=1S/C27H38ClN3O4S/c1-6-21(4)29-27(33)24(7-2)30(19-22-14-16-23(28)17-15-22)26(32)13-10-18-31(36(5,34)35)25-12-9-8-11-20(25)3/h8-9,11-12,14-17,21,24H,6-7,10,13,18-19H2,1-5H3,(H,29,33)/t21-,24+/m0/s1. The van der Waals surface area contributed by atoms with Crippen LogP contribution in [0.25, 0.3) is 0 Å². The van der Waals surface area contributed by atoms with Gasteiger partial charge >= 0.3 is 0 Å². The maximum atomic E-state index is 13.5. The third-order valence-electron chi connectivity index (χ3n) is 6.19. The first-order valence-electron chi connectivity index (χ1n) is 12.4. The second-order valence-corrected chi connectivity index (χ2v) is 11.5. The van der Waals surface area contributed by atoms with Gasteiger partial charge < -0.3 is 10.2 Å². The van der Waals surface area contributed by atoms with E-state index in [1.165, 1.54) is 10.6 Å². The van der Waals surface area contributed by atoms with Crippen LogP contribution in [-0.4, -0.2) is 50.0 Å². The molecule has 0 bridgehead atoms. The molecular formula is C27H38ClN3O4S. The number of hydrogen-bond acceptors (Lipinski definition) is 4. The van der Waals surface area contributed by atoms with Crippen LogP contribution in [0.1, 0.15) is 57.6 Å². The number of benzene rings is 2. The molecule has 0 radical (unpaired) electrons. The van der Waals surface area contributed by atoms with E-state index in [0.717, 1.165) is 17.5 Å². The van der Waals surface area contributed by atoms with Crippen LogP contribution >= 0.6 is 11.6 Å². The highest BCUT2D eigenvalue weighted by atomic mass is 35.5. The average Bonchev–Trinajstić information content (AvgIpc) is 2.82. The number of aryl methyl sites for hydroxylation is 1. The van der Waals surface area contributed by atoms with Gasteiger partial charge in [0.2, 0.25) is 21.8 Å². The summed E-state index contributed by atoms with van der Waals surface area (Å²) in [6.45, 7) is 8.09. The highest BCUT2D eigenvalue weighted by molar-refractivity contribution is 7.92. The molecule has 0 spiro atoms. The molecule has 0 aliphatic heterocycles. The Bertz CT molecular complexity index is 1120. The predicted molar refractivity (Wildman–Crippen MR) is 147 cm³/mol. The molecule has 2 amide bonds. The third kappa shape index (κ3) is 8.52. The SMILES string of the molecule is CC[C@H](C(=O)N[C@@H](C)CC)N(Cc1ccc(Cl)cc1)C(=O)CCCN(c1ccccc1C)S(C)(=O)=O. The Morgan fingerprint density at radius 3 is 2.22 bits per heavy atom. The molecule has 0 heterocycles. The molecule has 1 N–H and O–H groups in total. The van der Waals surface area contributed by atoms with Crippen molar-refractivity contribution in [3.63, 3.8) is 0 Å². The van der Waals surface area contributed by atoms with Crippen LogP contribution < -0.4 is 9.62 Å². The van der Waals surface area contributed by atoms with Crippen molar-refractivity contribution in [1.82, 2.24) is 10.2 Å². The zero-order valence-electron chi connectivity index (χ0n) is 21.8. The van der Waals surface area contributed by atoms with Crippen molar-refractivity contribution in [3.05, 3.63) is 64.7 Å². The second-order valence-electron chi connectivity index (χ2n) is 9.12. The summed E-state index contributed by atoms with van der Waals surface area (Å²) in [5.74, 6) is -0.388. The lowest BCUT2D eigenvalue weighted by Gasteiger charge is -2.32. The Hall–Kier alpha value is -2.58. The smallest absolute Gasteiger partial charge is 0.243 e. The van der Waals surface area contributed by atoms with E-state index in [0.29, 0.717) is 23.6 Å². The topological polar surface area (TPSA) is 86.8 Å². The van der Waals surface area contributed by atoms with Crippen molar-refractivity contribution >= 4 is 39.1 Å². The Morgan fingerprint density at radius 2 is 1.67 bits per heavy atom. The van der Waals surface area contributed by atoms with Crippen molar-refractivity contribution in [3.8, 4) is 0 Å². The number of para-hydroxylation sites is 1. The summed E-state index contributed by atoms with van der Waals surface area (Å²) >= 11 is 6.02. The highest BCUT2D eigenvalue weighted by Crippen LogP contribution is 2.23. The van der Waals surface area contributed by atoms with Crippen LogP contribution in [0.5, 0.6) is 0 Å². The van der Waals surface area contributed by atoms with Crippen molar-refractivity contribution in [2.75, 3.05) is 17.1 Å². The number of sulfonamides is 1. The average molecular weight is 536 g/mol. The van der Waals surface area contributed by atoms with E-state index in [1.807, 2.05) is 52.0 Å². The van der Waals surface area contributed by atoms with E-state index >= 15 is 0 Å². The van der Waals surface area contributed by atoms with E-state index in [1.54, 1.807) is 29.2 Å². The molecule has 36 heavy (non-hydrogen) atoms. The number of anilines is 1. The van der Waals surface area contributed by atoms with Crippen LogP contribution in [-0.2, 0) is 26.2 Å². The second kappa shape index (κ2) is 13.7. The van der Waals surface area contributed by atoms with Crippen molar-refractivity contribution in [2.24, 2.45) is 0 Å². The largest absolute Gasteiger partial charge is 0.352 e. The van der Waals surface area contributed by atoms with Crippen molar-refractivity contribution in [2.45, 2.75) is 72.0 Å². The van der Waals surface area contributed by atoms with Gasteiger partial charge in [-0.25, -0.2) is 8.42 Å². The number of carbonyl (C=O) groups is 2. The molecule has 0 aliphatic rings. The van der Waals surface area contributed by atoms with Crippen LogP contribution in [0.15, 0.2) is 48.5 Å². The minimum Gasteiger partial charge on any atom is -0.352 e. The van der Waals surface area contributed by atoms with Gasteiger partial charge in [-0.2, -0.15) is 0 Å². The summed E-state index contributed by atoms with van der Waals surface area (Å²) in [7, 11) is -3.53. The zero-order chi connectivity index (χ0) is 26.9. The fourth-order valence-electron chi connectivity index (χ4n) is 3.97. The first kappa shape index (κ1) is 29.6. The number of rotatable bonds is 13. The Labute approximate surface area is 220 Å². The van der Waals surface area contributed by atoms with E-state index < -0.39 is 16.1 Å². The highest BCUT2D eigenvalue weighted by Gasteiger charge is 2.29. The third-order valence-corrected chi connectivity index (χ3v) is 7.62. The molecule has 0 aromatic heterocycles. The Morgan fingerprint density at radius 1 is 1.03 bits per heavy atom. The quantitative estimate of drug-likeness (QED) is 0.394. The van der Waals surface area contributed by atoms with Gasteiger partial charge in [0, 0.05) is 30.6 Å². The molecule has 0 saturated heterocycles. The monoisotopic (exact) mass is 535 g/mol. The number of carbonyl (C=O) groups excluding carboxylic acids is 2. The molecule has 198 valence electrons. The fourth-order valence-corrected chi connectivity index (χ4v) is 5.12. The molecule has 2 atom stereocenters. The van der Waals surface area contributed by atoms with Crippen molar-refractivity contribution < 1.29 is 18.0 Å². The normalized spacial score (nSPS) is 13.1. The van der Waals surface area contributed by atoms with Gasteiger partial charge in [-0.1, -0.05) is 55.8 Å². The maximum absolute atomic E-state index is 13.5. The number of amides is 2. The summed E-state index contributed by atoms with van der Waals surface area (Å²) in [6, 6.07) is 13.8. The van der Waals surface area contributed by atoms with Gasteiger partial charge in [0.1, 0.15) is 6.04 Å². The lowest BCUT2D eigenvalue weighted by Crippen LogP contribution is -2.50. The Kier molecular flexibility index (Phi) is 11.2. The molecule has 2 aromatic carbocycles. The zero-order valence-corrected chi connectivity index (χ0v) is 23.4. The van der Waals surface area contributed by atoms with Gasteiger partial charge in [-0.3, -0.25) is 13.9 Å². The van der Waals surface area contributed by atoms with Crippen LogP contribution in [0, 0.1) is 6.92 Å². The van der Waals surface area contributed by atoms with Crippen molar-refractivity contribution in [1.29, 1.82) is 0 Å². The van der Waals surface area contributed by atoms with E-state index in [4.69, 9.17) is 11.6 Å². The number of halogens is 1. The molecule has 0 unspecified atom stereocenters. The first-order chi connectivity index (χ1) is 17.0. The molecule has 2 rings (SSSR count). The van der Waals surface area contributed by atoms with E-state index in [-0.39, 0.29) is 37.4 Å². The maximum Gasteiger partial charge on any atom is 0.243 e. The minimum absolute atomic E-state index is 0.00327. The molecule has 2 aromatic rings. The minimum atomic E-state index is -3.53.